The van der Waals surface area contributed by atoms with Crippen molar-refractivity contribution >= 4 is 5.97 Å². The Kier molecular flexibility index (Phi) is 6.47. The summed E-state index contributed by atoms with van der Waals surface area (Å²) in [5.41, 5.74) is 1.19. The van der Waals surface area contributed by atoms with Crippen LogP contribution in [0.4, 0.5) is 17.6 Å². The van der Waals surface area contributed by atoms with Gasteiger partial charge in [0.05, 0.1) is 25.4 Å². The summed E-state index contributed by atoms with van der Waals surface area (Å²) in [6.07, 6.45) is -4.98. The highest BCUT2D eigenvalue weighted by molar-refractivity contribution is 5.91. The van der Waals surface area contributed by atoms with Crippen molar-refractivity contribution in [1.82, 2.24) is 0 Å². The van der Waals surface area contributed by atoms with Gasteiger partial charge in [-0.05, 0) is 59.7 Å². The molecule has 0 bridgehead atoms. The Balaban J connectivity index is 1.36. The molecule has 3 aromatic carbocycles. The van der Waals surface area contributed by atoms with Crippen LogP contribution in [0.1, 0.15) is 17.3 Å². The predicted molar refractivity (Wildman–Crippen MR) is 114 cm³/mol. The molecule has 1 heterocycles. The molecule has 1 fully saturated rings. The summed E-state index contributed by atoms with van der Waals surface area (Å²) < 4.78 is 70.7. The van der Waals surface area contributed by atoms with Crippen LogP contribution in [-0.2, 0) is 4.74 Å². The number of alkyl halides is 3. The van der Waals surface area contributed by atoms with Crippen LogP contribution in [0.2, 0.25) is 0 Å². The van der Waals surface area contributed by atoms with Gasteiger partial charge in [0.25, 0.3) is 0 Å². The van der Waals surface area contributed by atoms with E-state index in [0.29, 0.717) is 42.3 Å². The molecule has 0 spiro atoms. The SMILES string of the molecule is CC1(COc2ccc(C(=O)Oc3ccc(-c4ccc(OC(F)(F)F)c(F)c4)cc3)cc2)COC1. The van der Waals surface area contributed by atoms with Crippen molar-refractivity contribution in [2.75, 3.05) is 19.8 Å². The highest BCUT2D eigenvalue weighted by Gasteiger charge is 2.34. The molecular formula is C25H20F4O5. The van der Waals surface area contributed by atoms with Gasteiger partial charge in [0, 0.05) is 5.41 Å². The van der Waals surface area contributed by atoms with Crippen LogP contribution < -0.4 is 14.2 Å². The molecule has 34 heavy (non-hydrogen) atoms. The predicted octanol–water partition coefficient (Wildman–Crippen LogP) is 6.03. The molecule has 1 aliphatic rings. The van der Waals surface area contributed by atoms with Gasteiger partial charge in [-0.2, -0.15) is 0 Å². The van der Waals surface area contributed by atoms with Crippen LogP contribution in [0.15, 0.2) is 66.7 Å². The van der Waals surface area contributed by atoms with Gasteiger partial charge >= 0.3 is 12.3 Å². The van der Waals surface area contributed by atoms with Gasteiger partial charge in [0.1, 0.15) is 11.5 Å². The van der Waals surface area contributed by atoms with E-state index in [2.05, 4.69) is 11.7 Å². The maximum Gasteiger partial charge on any atom is 0.573 e. The minimum Gasteiger partial charge on any atom is -0.493 e. The van der Waals surface area contributed by atoms with Crippen LogP contribution in [-0.4, -0.2) is 32.2 Å². The van der Waals surface area contributed by atoms with Gasteiger partial charge in [-0.15, -0.1) is 13.2 Å². The zero-order valence-electron chi connectivity index (χ0n) is 18.0. The number of carbonyl (C=O) groups is 1. The van der Waals surface area contributed by atoms with E-state index in [1.165, 1.54) is 18.2 Å². The molecule has 0 unspecified atom stereocenters. The van der Waals surface area contributed by atoms with Gasteiger partial charge < -0.3 is 18.9 Å². The third-order valence-electron chi connectivity index (χ3n) is 5.13. The molecule has 0 amide bonds. The summed E-state index contributed by atoms with van der Waals surface area (Å²) in [7, 11) is 0. The van der Waals surface area contributed by atoms with Crippen molar-refractivity contribution in [2.45, 2.75) is 13.3 Å². The van der Waals surface area contributed by atoms with Crippen molar-refractivity contribution in [3.8, 4) is 28.4 Å². The first-order valence-electron chi connectivity index (χ1n) is 10.3. The highest BCUT2D eigenvalue weighted by Crippen LogP contribution is 2.31. The Morgan fingerprint density at radius 3 is 2.12 bits per heavy atom. The molecule has 5 nitrogen and oxygen atoms in total. The Labute approximate surface area is 192 Å². The van der Waals surface area contributed by atoms with Gasteiger partial charge in [-0.3, -0.25) is 0 Å². The molecule has 0 saturated carbocycles. The Morgan fingerprint density at radius 1 is 0.941 bits per heavy atom. The number of hydrogen-bond acceptors (Lipinski definition) is 5. The van der Waals surface area contributed by atoms with E-state index < -0.39 is 23.9 Å². The lowest BCUT2D eigenvalue weighted by Gasteiger charge is -2.37. The Hall–Kier alpha value is -3.59. The molecule has 1 aliphatic heterocycles. The van der Waals surface area contributed by atoms with Crippen LogP contribution in [0, 0.1) is 11.2 Å². The quantitative estimate of drug-likeness (QED) is 0.237. The number of esters is 1. The van der Waals surface area contributed by atoms with E-state index in [1.54, 1.807) is 36.4 Å². The van der Waals surface area contributed by atoms with Gasteiger partial charge in [-0.1, -0.05) is 25.1 Å². The maximum absolute atomic E-state index is 14.0. The normalized spacial score (nSPS) is 14.7. The maximum atomic E-state index is 14.0. The first kappa shape index (κ1) is 23.6. The van der Waals surface area contributed by atoms with Crippen LogP contribution in [0.25, 0.3) is 11.1 Å². The average molecular weight is 476 g/mol. The smallest absolute Gasteiger partial charge is 0.493 e. The van der Waals surface area contributed by atoms with Crippen LogP contribution in [0.3, 0.4) is 0 Å². The van der Waals surface area contributed by atoms with Gasteiger partial charge in [-0.25, -0.2) is 9.18 Å². The van der Waals surface area contributed by atoms with Gasteiger partial charge in [0.15, 0.2) is 11.6 Å². The molecule has 0 radical (unpaired) electrons. The number of halogens is 4. The third-order valence-corrected chi connectivity index (χ3v) is 5.13. The number of carbonyl (C=O) groups excluding carboxylic acids is 1. The summed E-state index contributed by atoms with van der Waals surface area (Å²) in [5, 5.41) is 0. The number of rotatable bonds is 7. The topological polar surface area (TPSA) is 54.0 Å². The standard InChI is InChI=1S/C25H20F4O5/c1-24(13-31-14-24)15-32-19-7-4-17(5-8-19)23(30)33-20-9-2-16(3-10-20)18-6-11-22(21(26)12-18)34-25(27,28)29/h2-12H,13-15H2,1H3. The average Bonchev–Trinajstić information content (AvgIpc) is 2.78. The second-order valence-corrected chi connectivity index (χ2v) is 8.22. The van der Waals surface area contributed by atoms with Crippen molar-refractivity contribution in [2.24, 2.45) is 5.41 Å². The van der Waals surface area contributed by atoms with Crippen molar-refractivity contribution in [3.05, 3.63) is 78.1 Å². The summed E-state index contributed by atoms with van der Waals surface area (Å²) in [6.45, 7) is 3.90. The van der Waals surface area contributed by atoms with E-state index in [-0.39, 0.29) is 11.2 Å². The first-order chi connectivity index (χ1) is 16.1. The fraction of sp³-hybridized carbons (Fsp3) is 0.240. The van der Waals surface area contributed by atoms with Crippen molar-refractivity contribution in [3.63, 3.8) is 0 Å². The summed E-state index contributed by atoms with van der Waals surface area (Å²) in [4.78, 5) is 12.4. The number of hydrogen-bond donors (Lipinski definition) is 0. The fourth-order valence-corrected chi connectivity index (χ4v) is 3.25. The summed E-state index contributed by atoms with van der Waals surface area (Å²) in [6, 6.07) is 15.8. The molecule has 9 heteroatoms. The molecule has 0 aromatic heterocycles. The van der Waals surface area contributed by atoms with Crippen molar-refractivity contribution in [1.29, 1.82) is 0 Å². The third kappa shape index (κ3) is 5.85. The van der Waals surface area contributed by atoms with Crippen LogP contribution in [0.5, 0.6) is 17.2 Å². The van der Waals surface area contributed by atoms with E-state index in [1.807, 2.05) is 0 Å². The minimum absolute atomic E-state index is 0.00835. The monoisotopic (exact) mass is 476 g/mol. The molecule has 0 N–H and O–H groups in total. The van der Waals surface area contributed by atoms with Crippen LogP contribution >= 0.6 is 0 Å². The van der Waals surface area contributed by atoms with E-state index in [9.17, 15) is 22.4 Å². The molecular weight excluding hydrogens is 456 g/mol. The lowest BCUT2D eigenvalue weighted by molar-refractivity contribution is -0.275. The van der Waals surface area contributed by atoms with Gasteiger partial charge in [0.2, 0.25) is 0 Å². The molecule has 0 atom stereocenters. The lowest BCUT2D eigenvalue weighted by Crippen LogP contribution is -2.44. The number of ether oxygens (including phenoxy) is 4. The zero-order chi connectivity index (χ0) is 24.3. The highest BCUT2D eigenvalue weighted by atomic mass is 19.4. The second kappa shape index (κ2) is 9.34. The summed E-state index contributed by atoms with van der Waals surface area (Å²) in [5.74, 6) is -1.74. The minimum atomic E-state index is -4.98. The Morgan fingerprint density at radius 2 is 1.56 bits per heavy atom. The van der Waals surface area contributed by atoms with E-state index >= 15 is 0 Å². The second-order valence-electron chi connectivity index (χ2n) is 8.22. The first-order valence-corrected chi connectivity index (χ1v) is 10.3. The molecule has 3 aromatic rings. The molecule has 178 valence electrons. The largest absolute Gasteiger partial charge is 0.573 e. The number of benzene rings is 3. The molecule has 4 rings (SSSR count). The van der Waals surface area contributed by atoms with E-state index in [0.717, 1.165) is 12.1 Å². The Bertz CT molecular complexity index is 1150. The lowest BCUT2D eigenvalue weighted by atomic mass is 9.90. The molecule has 0 aliphatic carbocycles. The van der Waals surface area contributed by atoms with E-state index in [4.69, 9.17) is 14.2 Å². The fourth-order valence-electron chi connectivity index (χ4n) is 3.25. The zero-order valence-corrected chi connectivity index (χ0v) is 18.0. The molecule has 1 saturated heterocycles. The summed E-state index contributed by atoms with van der Waals surface area (Å²) >= 11 is 0. The van der Waals surface area contributed by atoms with Crippen molar-refractivity contribution < 1.29 is 41.3 Å².